The molecule has 2 nitrogen and oxygen atoms in total. The predicted octanol–water partition coefficient (Wildman–Crippen LogP) is 11.0. The van der Waals surface area contributed by atoms with Gasteiger partial charge in [0.05, 0.1) is 6.04 Å². The number of ketones is 1. The average molecular weight is 524 g/mol. The van der Waals surface area contributed by atoms with Crippen LogP contribution in [0.4, 0.5) is 4.39 Å². The highest BCUT2D eigenvalue weighted by molar-refractivity contribution is 5.86. The Hall–Kier alpha value is -0.440. The molecule has 0 aliphatic carbocycles. The molecule has 2 atom stereocenters. The summed E-state index contributed by atoms with van der Waals surface area (Å²) in [6.45, 7) is 11.2. The molecule has 0 unspecified atom stereocenters. The van der Waals surface area contributed by atoms with Crippen molar-refractivity contribution in [2.24, 2.45) is 5.92 Å². The number of Topliss-reactive ketones (excluding diaryl/α,β-unsaturated/α-hetero) is 1. The number of hydrogen-bond donors (Lipinski definition) is 0. The fraction of sp³-hybridized carbons (Fsp3) is 0.971. The fourth-order valence-corrected chi connectivity index (χ4v) is 6.50. The molecule has 37 heavy (non-hydrogen) atoms. The molecule has 0 N–H and O–H groups in total. The number of hydrogen-bond acceptors (Lipinski definition) is 2. The van der Waals surface area contributed by atoms with Crippen molar-refractivity contribution >= 4 is 5.78 Å². The molecule has 220 valence electrons. The minimum absolute atomic E-state index is 0.130. The normalized spacial score (nSPS) is 20.5. The van der Waals surface area contributed by atoms with Crippen molar-refractivity contribution in [1.82, 2.24) is 4.90 Å². The van der Waals surface area contributed by atoms with Crippen molar-refractivity contribution in [3.63, 3.8) is 0 Å². The Kier molecular flexibility index (Phi) is 20.0. The van der Waals surface area contributed by atoms with Crippen LogP contribution in [0.25, 0.3) is 0 Å². The van der Waals surface area contributed by atoms with E-state index >= 15 is 4.39 Å². The first-order chi connectivity index (χ1) is 17.9. The Balaban J connectivity index is 2.94. The molecule has 0 aromatic rings. The van der Waals surface area contributed by atoms with Crippen LogP contribution in [0.1, 0.15) is 182 Å². The zero-order valence-electron chi connectivity index (χ0n) is 25.9. The molecule has 1 aliphatic rings. The van der Waals surface area contributed by atoms with Gasteiger partial charge in [0, 0.05) is 24.9 Å². The second-order valence-corrected chi connectivity index (χ2v) is 12.7. The van der Waals surface area contributed by atoms with E-state index in [1.165, 1.54) is 103 Å². The van der Waals surface area contributed by atoms with Crippen LogP contribution in [0.3, 0.4) is 0 Å². The van der Waals surface area contributed by atoms with Crippen molar-refractivity contribution in [2.75, 3.05) is 6.54 Å². The van der Waals surface area contributed by atoms with Crippen molar-refractivity contribution in [3.8, 4) is 0 Å². The zero-order chi connectivity index (χ0) is 27.4. The van der Waals surface area contributed by atoms with E-state index in [4.69, 9.17) is 0 Å². The van der Waals surface area contributed by atoms with E-state index in [0.717, 1.165) is 38.5 Å². The lowest BCUT2D eigenvalue weighted by atomic mass is 9.85. The van der Waals surface area contributed by atoms with Crippen LogP contribution in [0.5, 0.6) is 0 Å². The molecule has 1 aliphatic heterocycles. The van der Waals surface area contributed by atoms with Gasteiger partial charge in [-0.2, -0.15) is 0 Å². The molecule has 1 rings (SSSR count). The molecule has 1 saturated heterocycles. The lowest BCUT2D eigenvalue weighted by Gasteiger charge is -2.34. The third-order valence-corrected chi connectivity index (χ3v) is 8.83. The number of carbonyl (C=O) groups excluding carboxylic acids is 1. The van der Waals surface area contributed by atoms with Gasteiger partial charge < -0.3 is 0 Å². The largest absolute Gasteiger partial charge is 0.298 e. The van der Waals surface area contributed by atoms with Crippen molar-refractivity contribution in [2.45, 2.75) is 200 Å². The second kappa shape index (κ2) is 21.4. The highest BCUT2D eigenvalue weighted by Gasteiger charge is 2.47. The lowest BCUT2D eigenvalue weighted by Crippen LogP contribution is -2.45. The van der Waals surface area contributed by atoms with E-state index in [1.807, 2.05) is 0 Å². The second-order valence-electron chi connectivity index (χ2n) is 12.7. The van der Waals surface area contributed by atoms with E-state index in [1.54, 1.807) is 6.92 Å². The van der Waals surface area contributed by atoms with Crippen molar-refractivity contribution in [1.29, 1.82) is 0 Å². The van der Waals surface area contributed by atoms with Crippen LogP contribution in [0.2, 0.25) is 0 Å². The topological polar surface area (TPSA) is 20.3 Å². The maximum Gasteiger partial charge on any atom is 0.153 e. The third-order valence-electron chi connectivity index (χ3n) is 8.83. The summed E-state index contributed by atoms with van der Waals surface area (Å²) in [6.07, 6.45) is 27.2. The minimum Gasteiger partial charge on any atom is -0.298 e. The molecule has 0 bridgehead atoms. The van der Waals surface area contributed by atoms with Crippen LogP contribution >= 0.6 is 0 Å². The van der Waals surface area contributed by atoms with Gasteiger partial charge in [-0.1, -0.05) is 143 Å². The van der Waals surface area contributed by atoms with Gasteiger partial charge in [0.2, 0.25) is 0 Å². The van der Waals surface area contributed by atoms with Gasteiger partial charge in [-0.15, -0.1) is 0 Å². The highest BCUT2D eigenvalue weighted by Crippen LogP contribution is 2.37. The molecule has 0 aromatic heterocycles. The Bertz CT molecular complexity index is 522. The van der Waals surface area contributed by atoms with Gasteiger partial charge in [-0.3, -0.25) is 9.69 Å². The third kappa shape index (κ3) is 15.1. The van der Waals surface area contributed by atoms with Crippen LogP contribution in [0, 0.1) is 5.92 Å². The van der Waals surface area contributed by atoms with Crippen LogP contribution in [-0.2, 0) is 4.79 Å². The Labute approximate surface area is 232 Å². The van der Waals surface area contributed by atoms with Crippen LogP contribution < -0.4 is 0 Å². The average Bonchev–Trinajstić information content (AvgIpc) is 3.21. The van der Waals surface area contributed by atoms with Gasteiger partial charge in [0.1, 0.15) is 5.67 Å². The Morgan fingerprint density at radius 1 is 0.676 bits per heavy atom. The predicted molar refractivity (Wildman–Crippen MR) is 161 cm³/mol. The molecular weight excluding hydrogens is 457 g/mol. The van der Waals surface area contributed by atoms with Gasteiger partial charge in [-0.05, 0) is 32.6 Å². The highest BCUT2D eigenvalue weighted by atomic mass is 19.1. The van der Waals surface area contributed by atoms with Crippen molar-refractivity contribution < 1.29 is 9.18 Å². The van der Waals surface area contributed by atoms with E-state index < -0.39 is 5.67 Å². The van der Waals surface area contributed by atoms with E-state index in [-0.39, 0.29) is 12.0 Å². The number of rotatable bonds is 25. The smallest absolute Gasteiger partial charge is 0.153 e. The van der Waals surface area contributed by atoms with E-state index in [2.05, 4.69) is 32.6 Å². The van der Waals surface area contributed by atoms with Gasteiger partial charge in [-0.25, -0.2) is 4.39 Å². The Morgan fingerprint density at radius 3 is 1.49 bits per heavy atom. The number of carbonyl (C=O) groups is 1. The standard InChI is InChI=1S/C34H66FNO/c1-6-10-14-18-22-26-31(27-23-19-15-11-7-2)36-29-34(5,35)28-32(36)33(37)30(24-20-16-12-8-3)25-21-17-13-9-4/h30-32H,6-29H2,1-5H3/t32-,34+/m0/s1. The minimum atomic E-state index is -1.24. The molecule has 0 saturated carbocycles. The molecule has 3 heteroatoms. The van der Waals surface area contributed by atoms with Gasteiger partial charge >= 0.3 is 0 Å². The summed E-state index contributed by atoms with van der Waals surface area (Å²) in [7, 11) is 0. The number of unbranched alkanes of at least 4 members (excludes halogenated alkanes) is 14. The quantitative estimate of drug-likeness (QED) is 0.111. The summed E-state index contributed by atoms with van der Waals surface area (Å²) in [5, 5.41) is 0. The summed E-state index contributed by atoms with van der Waals surface area (Å²) < 4.78 is 15.6. The first-order valence-electron chi connectivity index (χ1n) is 16.9. The Morgan fingerprint density at radius 2 is 1.05 bits per heavy atom. The van der Waals surface area contributed by atoms with Gasteiger partial charge in [0.25, 0.3) is 0 Å². The maximum absolute atomic E-state index is 15.6. The number of likely N-dealkylation sites (tertiary alicyclic amines) is 1. The van der Waals surface area contributed by atoms with Gasteiger partial charge in [0.15, 0.2) is 5.78 Å². The van der Waals surface area contributed by atoms with E-state index in [0.29, 0.717) is 24.8 Å². The molecule has 1 fully saturated rings. The summed E-state index contributed by atoms with van der Waals surface area (Å²) in [4.78, 5) is 16.5. The maximum atomic E-state index is 15.6. The van der Waals surface area contributed by atoms with Crippen molar-refractivity contribution in [3.05, 3.63) is 0 Å². The van der Waals surface area contributed by atoms with Crippen LogP contribution in [-0.4, -0.2) is 35.0 Å². The van der Waals surface area contributed by atoms with E-state index in [9.17, 15) is 4.79 Å². The molecule has 0 spiro atoms. The monoisotopic (exact) mass is 524 g/mol. The van der Waals surface area contributed by atoms with Crippen LogP contribution in [0.15, 0.2) is 0 Å². The number of halogens is 1. The molecule has 1 heterocycles. The summed E-state index contributed by atoms with van der Waals surface area (Å²) in [5.41, 5.74) is -1.24. The number of alkyl halides is 1. The molecule has 0 aromatic carbocycles. The fourth-order valence-electron chi connectivity index (χ4n) is 6.50. The zero-order valence-corrected chi connectivity index (χ0v) is 25.9. The lowest BCUT2D eigenvalue weighted by molar-refractivity contribution is -0.128. The summed E-state index contributed by atoms with van der Waals surface area (Å²) in [5.74, 6) is 0.515. The first-order valence-corrected chi connectivity index (χ1v) is 16.9. The summed E-state index contributed by atoms with van der Waals surface area (Å²) >= 11 is 0. The molecular formula is C34H66FNO. The first kappa shape index (κ1) is 34.6. The molecule has 0 amide bonds. The molecule has 0 radical (unpaired) electrons. The SMILES string of the molecule is CCCCCCCC(CCCCCCC)N1C[C@](C)(F)C[C@H]1C(=O)C(CCCCCC)CCCCCC. The summed E-state index contributed by atoms with van der Waals surface area (Å²) in [6, 6.07) is 0.171. The number of nitrogens with zero attached hydrogens (tertiary/aromatic N) is 1.